The van der Waals surface area contributed by atoms with Gasteiger partial charge >= 0.3 is 5.97 Å². The molecule has 24 heavy (non-hydrogen) atoms. The second-order valence-corrected chi connectivity index (χ2v) is 8.05. The molecule has 134 valence electrons. The zero-order valence-corrected chi connectivity index (χ0v) is 15.0. The molecule has 0 unspecified atom stereocenters. The molecule has 0 amide bonds. The van der Waals surface area contributed by atoms with Crippen molar-refractivity contribution in [2.24, 2.45) is 5.92 Å². The van der Waals surface area contributed by atoms with E-state index in [2.05, 4.69) is 20.0 Å². The van der Waals surface area contributed by atoms with Crippen LogP contribution in [0.3, 0.4) is 0 Å². The fourth-order valence-electron chi connectivity index (χ4n) is 2.35. The molecule has 2 heterocycles. The molecule has 0 bridgehead atoms. The summed E-state index contributed by atoms with van der Waals surface area (Å²) in [5.74, 6) is -0.577. The van der Waals surface area contributed by atoms with E-state index in [-0.39, 0.29) is 29.4 Å². The van der Waals surface area contributed by atoms with Crippen LogP contribution < -0.4 is 5.32 Å². The molecule has 0 radical (unpaired) electrons. The predicted octanol–water partition coefficient (Wildman–Crippen LogP) is -0.110. The smallest absolute Gasteiger partial charge is 0.356 e. The monoisotopic (exact) mass is 358 g/mol. The lowest BCUT2D eigenvalue weighted by Gasteiger charge is -2.21. The van der Waals surface area contributed by atoms with Gasteiger partial charge in [0.25, 0.3) is 0 Å². The standard InChI is InChI=1S/C14H22N4O5S/c1-9-5-11(13(19)22-4)16-14(15-9)17-12-7-23-6-10(12)8-24(20,21)18(2)3/h5,10,12H,6-8H2,1-4H3,(H,15,16,17)/t10-,12+/m0/s1. The van der Waals surface area contributed by atoms with Crippen LogP contribution in [0, 0.1) is 12.8 Å². The summed E-state index contributed by atoms with van der Waals surface area (Å²) >= 11 is 0. The highest BCUT2D eigenvalue weighted by Gasteiger charge is 2.33. The van der Waals surface area contributed by atoms with Gasteiger partial charge < -0.3 is 14.8 Å². The average molecular weight is 358 g/mol. The largest absolute Gasteiger partial charge is 0.464 e. The average Bonchev–Trinajstić information content (AvgIpc) is 2.92. The number of hydrogen-bond acceptors (Lipinski definition) is 8. The molecule has 2 atom stereocenters. The lowest BCUT2D eigenvalue weighted by Crippen LogP contribution is -2.37. The van der Waals surface area contributed by atoms with Crippen molar-refractivity contribution < 1.29 is 22.7 Å². The summed E-state index contributed by atoms with van der Waals surface area (Å²) < 4.78 is 35.4. The molecule has 0 aromatic carbocycles. The maximum atomic E-state index is 12.1. The zero-order valence-electron chi connectivity index (χ0n) is 14.1. The summed E-state index contributed by atoms with van der Waals surface area (Å²) in [6.45, 7) is 2.41. The number of esters is 1. The van der Waals surface area contributed by atoms with Gasteiger partial charge in [0.05, 0.1) is 32.1 Å². The molecule has 1 aromatic rings. The third kappa shape index (κ3) is 4.40. The fraction of sp³-hybridized carbons (Fsp3) is 0.643. The van der Waals surface area contributed by atoms with E-state index < -0.39 is 16.0 Å². The Morgan fingerprint density at radius 1 is 1.42 bits per heavy atom. The summed E-state index contributed by atoms with van der Waals surface area (Å²) in [6.07, 6.45) is 0. The third-order valence-corrected chi connectivity index (χ3v) is 5.70. The van der Waals surface area contributed by atoms with Crippen LogP contribution >= 0.6 is 0 Å². The second kappa shape index (κ2) is 7.41. The van der Waals surface area contributed by atoms with E-state index in [1.54, 1.807) is 6.92 Å². The van der Waals surface area contributed by atoms with Crippen molar-refractivity contribution in [3.05, 3.63) is 17.5 Å². The van der Waals surface area contributed by atoms with E-state index in [0.717, 1.165) is 0 Å². The van der Waals surface area contributed by atoms with Gasteiger partial charge in [0.15, 0.2) is 5.69 Å². The first-order chi connectivity index (χ1) is 11.2. The van der Waals surface area contributed by atoms with Crippen molar-refractivity contribution in [3.8, 4) is 0 Å². The van der Waals surface area contributed by atoms with Crippen molar-refractivity contribution in [2.45, 2.75) is 13.0 Å². The Labute approximate surface area is 141 Å². The number of carbonyl (C=O) groups is 1. The molecule has 1 fully saturated rings. The number of carbonyl (C=O) groups excluding carboxylic acids is 1. The molecule has 0 saturated carbocycles. The first-order valence-electron chi connectivity index (χ1n) is 7.41. The van der Waals surface area contributed by atoms with Crippen molar-refractivity contribution in [2.75, 3.05) is 45.5 Å². The number of aryl methyl sites for hydroxylation is 1. The van der Waals surface area contributed by atoms with E-state index in [9.17, 15) is 13.2 Å². The number of ether oxygens (including phenoxy) is 2. The quantitative estimate of drug-likeness (QED) is 0.701. The van der Waals surface area contributed by atoms with Crippen LogP contribution in [0.5, 0.6) is 0 Å². The van der Waals surface area contributed by atoms with E-state index >= 15 is 0 Å². The van der Waals surface area contributed by atoms with Crippen molar-refractivity contribution in [3.63, 3.8) is 0 Å². The minimum absolute atomic E-state index is 0.0344. The van der Waals surface area contributed by atoms with Gasteiger partial charge in [-0.1, -0.05) is 0 Å². The van der Waals surface area contributed by atoms with Crippen LogP contribution in [0.15, 0.2) is 6.07 Å². The molecule has 9 nitrogen and oxygen atoms in total. The molecule has 2 rings (SSSR count). The summed E-state index contributed by atoms with van der Waals surface area (Å²) in [5, 5.41) is 3.07. The number of hydrogen-bond donors (Lipinski definition) is 1. The van der Waals surface area contributed by atoms with Crippen LogP contribution in [0.2, 0.25) is 0 Å². The molecule has 1 saturated heterocycles. The van der Waals surface area contributed by atoms with E-state index in [4.69, 9.17) is 4.74 Å². The van der Waals surface area contributed by atoms with Gasteiger partial charge in [0, 0.05) is 25.7 Å². The van der Waals surface area contributed by atoms with Gasteiger partial charge in [0.2, 0.25) is 16.0 Å². The minimum Gasteiger partial charge on any atom is -0.464 e. The molecule has 1 aliphatic heterocycles. The Bertz CT molecular complexity index is 707. The highest BCUT2D eigenvalue weighted by Crippen LogP contribution is 2.20. The van der Waals surface area contributed by atoms with Gasteiger partial charge in [-0.05, 0) is 13.0 Å². The Morgan fingerprint density at radius 2 is 2.12 bits per heavy atom. The number of nitrogens with one attached hydrogen (secondary N) is 1. The number of aromatic nitrogens is 2. The summed E-state index contributed by atoms with van der Waals surface area (Å²) in [7, 11) is 0.935. The topological polar surface area (TPSA) is 111 Å². The number of anilines is 1. The zero-order chi connectivity index (χ0) is 17.9. The molecule has 0 aliphatic carbocycles. The highest BCUT2D eigenvalue weighted by molar-refractivity contribution is 7.89. The lowest BCUT2D eigenvalue weighted by atomic mass is 10.1. The lowest BCUT2D eigenvalue weighted by molar-refractivity contribution is 0.0594. The van der Waals surface area contributed by atoms with Crippen molar-refractivity contribution in [1.29, 1.82) is 0 Å². The predicted molar refractivity (Wildman–Crippen MR) is 87.3 cm³/mol. The van der Waals surface area contributed by atoms with Gasteiger partial charge in [-0.2, -0.15) is 0 Å². The Kier molecular flexibility index (Phi) is 5.73. The molecule has 0 spiro atoms. The first-order valence-corrected chi connectivity index (χ1v) is 9.02. The van der Waals surface area contributed by atoms with E-state index in [0.29, 0.717) is 18.9 Å². The van der Waals surface area contributed by atoms with Crippen LogP contribution in [0.1, 0.15) is 16.2 Å². The highest BCUT2D eigenvalue weighted by atomic mass is 32.2. The molecule has 10 heteroatoms. The normalized spacial score (nSPS) is 21.0. The van der Waals surface area contributed by atoms with Crippen LogP contribution in [-0.4, -0.2) is 74.9 Å². The maximum absolute atomic E-state index is 12.1. The number of sulfonamides is 1. The van der Waals surface area contributed by atoms with Gasteiger partial charge in [-0.3, -0.25) is 0 Å². The Hall–Kier alpha value is -1.78. The molecular weight excluding hydrogens is 336 g/mol. The van der Waals surface area contributed by atoms with Gasteiger partial charge in [-0.25, -0.2) is 27.5 Å². The molecule has 1 aromatic heterocycles. The van der Waals surface area contributed by atoms with E-state index in [1.165, 1.54) is 31.6 Å². The Morgan fingerprint density at radius 3 is 2.75 bits per heavy atom. The number of nitrogens with zero attached hydrogens (tertiary/aromatic N) is 3. The summed E-state index contributed by atoms with van der Waals surface area (Å²) in [6, 6.07) is 1.27. The second-order valence-electron chi connectivity index (χ2n) is 5.82. The van der Waals surface area contributed by atoms with Crippen LogP contribution in [0.4, 0.5) is 5.95 Å². The molecule has 1 aliphatic rings. The van der Waals surface area contributed by atoms with Crippen molar-refractivity contribution >= 4 is 21.9 Å². The molecular formula is C14H22N4O5S. The SMILES string of the molecule is COC(=O)c1cc(C)nc(N[C@@H]2COC[C@H]2CS(=O)(=O)N(C)C)n1. The van der Waals surface area contributed by atoms with Crippen molar-refractivity contribution in [1.82, 2.24) is 14.3 Å². The van der Waals surface area contributed by atoms with E-state index in [1.807, 2.05) is 0 Å². The molecule has 1 N–H and O–H groups in total. The van der Waals surface area contributed by atoms with Gasteiger partial charge in [-0.15, -0.1) is 0 Å². The summed E-state index contributed by atoms with van der Waals surface area (Å²) in [5.41, 5.74) is 0.744. The van der Waals surface area contributed by atoms with Gasteiger partial charge in [0.1, 0.15) is 0 Å². The summed E-state index contributed by atoms with van der Waals surface area (Å²) in [4.78, 5) is 20.0. The fourth-order valence-corrected chi connectivity index (χ4v) is 3.52. The van der Waals surface area contributed by atoms with Crippen LogP contribution in [-0.2, 0) is 19.5 Å². The Balaban J connectivity index is 2.15. The maximum Gasteiger partial charge on any atom is 0.356 e. The minimum atomic E-state index is -3.34. The first kappa shape index (κ1) is 18.6. The van der Waals surface area contributed by atoms with Crippen LogP contribution in [0.25, 0.3) is 0 Å². The number of rotatable bonds is 6. The number of methoxy groups -OCH3 is 1. The third-order valence-electron chi connectivity index (χ3n) is 3.74.